The van der Waals surface area contributed by atoms with Crippen LogP contribution < -0.4 is 14.4 Å². The molecule has 0 aromatic heterocycles. The van der Waals surface area contributed by atoms with Crippen molar-refractivity contribution >= 4 is 17.5 Å². The number of nitrogens with zero attached hydrogens (tertiary/aromatic N) is 1. The normalized spacial score (nSPS) is 14.1. The van der Waals surface area contributed by atoms with Gasteiger partial charge in [-0.15, -0.1) is 0 Å². The molecule has 1 heterocycles. The average Bonchev–Trinajstić information content (AvgIpc) is 2.89. The quantitative estimate of drug-likeness (QED) is 0.316. The fourth-order valence-corrected chi connectivity index (χ4v) is 4.26. The molecule has 0 aliphatic carbocycles. The van der Waals surface area contributed by atoms with E-state index in [0.717, 1.165) is 52.5 Å². The number of hydrogen-bond donors (Lipinski definition) is 0. The van der Waals surface area contributed by atoms with Crippen LogP contribution in [0.4, 0.5) is 10.1 Å². The van der Waals surface area contributed by atoms with E-state index in [9.17, 15) is 4.39 Å². The third-order valence-corrected chi connectivity index (χ3v) is 6.05. The molecule has 3 nitrogen and oxygen atoms in total. The van der Waals surface area contributed by atoms with Gasteiger partial charge in [0.25, 0.3) is 0 Å². The maximum atomic E-state index is 13.6. The van der Waals surface area contributed by atoms with Gasteiger partial charge >= 0.3 is 0 Å². The van der Waals surface area contributed by atoms with Crippen molar-refractivity contribution < 1.29 is 13.9 Å². The van der Waals surface area contributed by atoms with Crippen molar-refractivity contribution in [3.8, 4) is 11.5 Å². The number of anilines is 1. The van der Waals surface area contributed by atoms with Crippen molar-refractivity contribution in [2.24, 2.45) is 0 Å². The predicted molar refractivity (Wildman–Crippen MR) is 136 cm³/mol. The molecule has 0 bridgehead atoms. The Bertz CT molecular complexity index is 1280. The first-order chi connectivity index (χ1) is 16.7. The lowest BCUT2D eigenvalue weighted by molar-refractivity contribution is 0.306. The maximum absolute atomic E-state index is 13.6. The summed E-state index contributed by atoms with van der Waals surface area (Å²) in [5, 5.41) is 0. The van der Waals surface area contributed by atoms with Crippen molar-refractivity contribution in [2.75, 3.05) is 18.6 Å². The molecule has 0 saturated heterocycles. The monoisotopic (exact) mass is 451 g/mol. The highest BCUT2D eigenvalue weighted by Gasteiger charge is 2.23. The predicted octanol–water partition coefficient (Wildman–Crippen LogP) is 6.97. The third kappa shape index (κ3) is 4.81. The molecule has 0 fully saturated rings. The van der Waals surface area contributed by atoms with E-state index in [1.54, 1.807) is 7.11 Å². The van der Waals surface area contributed by atoms with Crippen molar-refractivity contribution in [1.29, 1.82) is 0 Å². The Labute approximate surface area is 199 Å². The Morgan fingerprint density at radius 3 is 2.32 bits per heavy atom. The average molecular weight is 452 g/mol. The Kier molecular flexibility index (Phi) is 6.30. The fourth-order valence-electron chi connectivity index (χ4n) is 4.26. The number of methoxy groups -OCH3 is 1. The smallest absolute Gasteiger partial charge is 0.123 e. The standard InChI is InChI=1S/C30H26FNO2/c1-33-28-15-16-29-24(20-28)17-18-32(26-11-9-25(31)10-12-26)30(29)19-22-7-13-27(14-8-22)34-21-23-5-3-2-4-6-23/h2-16,19-20H,17-18,21H2,1H3/b30-19+. The van der Waals surface area contributed by atoms with Gasteiger partial charge in [-0.1, -0.05) is 42.5 Å². The Morgan fingerprint density at radius 2 is 1.59 bits per heavy atom. The molecule has 5 rings (SSSR count). The highest BCUT2D eigenvalue weighted by Crippen LogP contribution is 2.36. The Balaban J connectivity index is 1.45. The summed E-state index contributed by atoms with van der Waals surface area (Å²) in [6.45, 7) is 1.34. The molecular formula is C30H26FNO2. The number of benzene rings is 4. The minimum absolute atomic E-state index is 0.234. The van der Waals surface area contributed by atoms with Gasteiger partial charge in [0.05, 0.1) is 7.11 Å². The number of halogens is 1. The lowest BCUT2D eigenvalue weighted by atomic mass is 9.94. The van der Waals surface area contributed by atoms with Gasteiger partial charge in [-0.25, -0.2) is 4.39 Å². The van der Waals surface area contributed by atoms with Gasteiger partial charge in [0.15, 0.2) is 0 Å². The number of ether oxygens (including phenoxy) is 2. The second kappa shape index (κ2) is 9.84. The molecule has 170 valence electrons. The molecular weight excluding hydrogens is 425 g/mol. The van der Waals surface area contributed by atoms with Crippen LogP contribution in [0.3, 0.4) is 0 Å². The highest BCUT2D eigenvalue weighted by atomic mass is 19.1. The van der Waals surface area contributed by atoms with Gasteiger partial charge in [0, 0.05) is 23.5 Å². The van der Waals surface area contributed by atoms with E-state index in [1.807, 2.05) is 48.5 Å². The topological polar surface area (TPSA) is 21.7 Å². The minimum atomic E-state index is -0.234. The van der Waals surface area contributed by atoms with E-state index >= 15 is 0 Å². The minimum Gasteiger partial charge on any atom is -0.497 e. The number of fused-ring (bicyclic) bond motifs is 1. The van der Waals surface area contributed by atoms with E-state index in [4.69, 9.17) is 9.47 Å². The lowest BCUT2D eigenvalue weighted by Gasteiger charge is -2.34. The molecule has 0 unspecified atom stereocenters. The van der Waals surface area contributed by atoms with Gasteiger partial charge in [-0.3, -0.25) is 0 Å². The van der Waals surface area contributed by atoms with Crippen LogP contribution in [-0.2, 0) is 13.0 Å². The zero-order valence-corrected chi connectivity index (χ0v) is 19.1. The largest absolute Gasteiger partial charge is 0.497 e. The summed E-state index contributed by atoms with van der Waals surface area (Å²) in [5.41, 5.74) is 6.65. The summed E-state index contributed by atoms with van der Waals surface area (Å²) < 4.78 is 24.9. The Hall–Kier alpha value is -4.05. The zero-order chi connectivity index (χ0) is 23.3. The van der Waals surface area contributed by atoms with Crippen LogP contribution >= 0.6 is 0 Å². The second-order valence-electron chi connectivity index (χ2n) is 8.27. The maximum Gasteiger partial charge on any atom is 0.123 e. The molecule has 4 aromatic rings. The summed E-state index contributed by atoms with van der Waals surface area (Å²) in [6.07, 6.45) is 3.06. The van der Waals surface area contributed by atoms with Crippen LogP contribution in [0.15, 0.2) is 97.1 Å². The molecule has 4 heteroatoms. The van der Waals surface area contributed by atoms with E-state index in [-0.39, 0.29) is 5.82 Å². The van der Waals surface area contributed by atoms with Gasteiger partial charge in [0.2, 0.25) is 0 Å². The summed E-state index contributed by atoms with van der Waals surface area (Å²) in [5.74, 6) is 1.45. The summed E-state index contributed by atoms with van der Waals surface area (Å²) in [4.78, 5) is 2.24. The van der Waals surface area contributed by atoms with Gasteiger partial charge in [-0.05, 0) is 83.8 Å². The zero-order valence-electron chi connectivity index (χ0n) is 19.1. The number of hydrogen-bond acceptors (Lipinski definition) is 3. The van der Waals surface area contributed by atoms with Crippen LogP contribution in [0.25, 0.3) is 11.8 Å². The molecule has 0 saturated carbocycles. The van der Waals surface area contributed by atoms with E-state index in [1.165, 1.54) is 17.7 Å². The molecule has 34 heavy (non-hydrogen) atoms. The first-order valence-corrected chi connectivity index (χ1v) is 11.4. The molecule has 0 amide bonds. The third-order valence-electron chi connectivity index (χ3n) is 6.05. The van der Waals surface area contributed by atoms with Crippen molar-refractivity contribution in [3.63, 3.8) is 0 Å². The van der Waals surface area contributed by atoms with Crippen molar-refractivity contribution in [3.05, 3.63) is 125 Å². The summed E-state index contributed by atoms with van der Waals surface area (Å²) in [7, 11) is 1.69. The van der Waals surface area contributed by atoms with Gasteiger partial charge < -0.3 is 14.4 Å². The summed E-state index contributed by atoms with van der Waals surface area (Å²) >= 11 is 0. The molecule has 1 aliphatic heterocycles. The van der Waals surface area contributed by atoms with E-state index in [0.29, 0.717) is 6.61 Å². The molecule has 1 aliphatic rings. The van der Waals surface area contributed by atoms with Crippen LogP contribution in [0.5, 0.6) is 11.5 Å². The van der Waals surface area contributed by atoms with Crippen molar-refractivity contribution in [1.82, 2.24) is 0 Å². The number of rotatable bonds is 6. The lowest BCUT2D eigenvalue weighted by Crippen LogP contribution is -2.29. The molecule has 4 aromatic carbocycles. The van der Waals surface area contributed by atoms with Crippen molar-refractivity contribution in [2.45, 2.75) is 13.0 Å². The van der Waals surface area contributed by atoms with Crippen LogP contribution in [0.2, 0.25) is 0 Å². The first-order valence-electron chi connectivity index (χ1n) is 11.4. The SMILES string of the molecule is COc1ccc2c(c1)CCN(c1ccc(F)cc1)/C2=C/c1ccc(OCc2ccccc2)cc1. The van der Waals surface area contributed by atoms with Crippen LogP contribution in [0.1, 0.15) is 22.3 Å². The van der Waals surface area contributed by atoms with Crippen LogP contribution in [-0.4, -0.2) is 13.7 Å². The second-order valence-corrected chi connectivity index (χ2v) is 8.27. The fraction of sp³-hybridized carbons (Fsp3) is 0.133. The summed E-state index contributed by atoms with van der Waals surface area (Å²) in [6, 6.07) is 31.1. The Morgan fingerprint density at radius 1 is 0.853 bits per heavy atom. The van der Waals surface area contributed by atoms with Gasteiger partial charge in [0.1, 0.15) is 23.9 Å². The molecule has 0 spiro atoms. The molecule has 0 radical (unpaired) electrons. The van der Waals surface area contributed by atoms with E-state index in [2.05, 4.69) is 47.4 Å². The van der Waals surface area contributed by atoms with Gasteiger partial charge in [-0.2, -0.15) is 0 Å². The highest BCUT2D eigenvalue weighted by molar-refractivity contribution is 5.92. The molecule has 0 N–H and O–H groups in total. The van der Waals surface area contributed by atoms with Crippen LogP contribution in [0, 0.1) is 5.82 Å². The van der Waals surface area contributed by atoms with E-state index < -0.39 is 0 Å². The first kappa shape index (κ1) is 21.8. The molecule has 0 atom stereocenters.